The van der Waals surface area contributed by atoms with Crippen LogP contribution in [0.1, 0.15) is 37.8 Å². The Morgan fingerprint density at radius 2 is 1.32 bits per heavy atom. The van der Waals surface area contributed by atoms with E-state index in [1.807, 2.05) is 61.5 Å². The number of carbonyl (C=O) groups excluding carboxylic acids is 1. The van der Waals surface area contributed by atoms with Crippen molar-refractivity contribution in [1.29, 1.82) is 0 Å². The Morgan fingerprint density at radius 3 is 1.93 bits per heavy atom. The van der Waals surface area contributed by atoms with E-state index in [0.717, 1.165) is 29.0 Å². The van der Waals surface area contributed by atoms with Crippen LogP contribution >= 0.6 is 0 Å². The molecule has 0 saturated heterocycles. The Morgan fingerprint density at radius 1 is 0.750 bits per heavy atom. The highest BCUT2D eigenvalue weighted by atomic mass is 16.1. The molecule has 0 aromatic heterocycles. The molecular weight excluding hydrogens is 344 g/mol. The summed E-state index contributed by atoms with van der Waals surface area (Å²) in [6.45, 7) is 6.37. The lowest BCUT2D eigenvalue weighted by Crippen LogP contribution is -2.18. The summed E-state index contributed by atoms with van der Waals surface area (Å²) in [6.07, 6.45) is 1.06. The third kappa shape index (κ3) is 5.46. The minimum absolute atomic E-state index is 0.000350. The van der Waals surface area contributed by atoms with Gasteiger partial charge in [0.25, 0.3) is 0 Å². The van der Waals surface area contributed by atoms with Crippen molar-refractivity contribution in [3.05, 3.63) is 90.0 Å². The van der Waals surface area contributed by atoms with E-state index in [1.54, 1.807) is 0 Å². The minimum atomic E-state index is -0.199. The fourth-order valence-electron chi connectivity index (χ4n) is 3.14. The van der Waals surface area contributed by atoms with Crippen molar-refractivity contribution in [3.8, 4) is 0 Å². The van der Waals surface area contributed by atoms with Gasteiger partial charge < -0.3 is 10.6 Å². The summed E-state index contributed by atoms with van der Waals surface area (Å²) in [6, 6.07) is 26.2. The Balaban J connectivity index is 1.59. The van der Waals surface area contributed by atoms with Gasteiger partial charge in [-0.25, -0.2) is 0 Å². The summed E-state index contributed by atoms with van der Waals surface area (Å²) >= 11 is 0. The second kappa shape index (κ2) is 9.23. The van der Waals surface area contributed by atoms with Crippen molar-refractivity contribution in [1.82, 2.24) is 0 Å². The standard InChI is InChI=1S/C25H28N2O/c1-18(2)17-20-9-11-21(12-10-20)19(3)25(28)27-24-15-13-23(14-16-24)26-22-7-5-4-6-8-22/h4-16,18-19,26H,17H2,1-3H3,(H,27,28). The fourth-order valence-corrected chi connectivity index (χ4v) is 3.14. The largest absolute Gasteiger partial charge is 0.356 e. The highest BCUT2D eigenvalue weighted by Crippen LogP contribution is 2.22. The van der Waals surface area contributed by atoms with Gasteiger partial charge in [-0.15, -0.1) is 0 Å². The van der Waals surface area contributed by atoms with E-state index < -0.39 is 0 Å². The molecule has 3 rings (SSSR count). The second-order valence-corrected chi connectivity index (χ2v) is 7.62. The fraction of sp³-hybridized carbons (Fsp3) is 0.240. The van der Waals surface area contributed by atoms with Gasteiger partial charge in [-0.1, -0.05) is 56.3 Å². The number of hydrogen-bond acceptors (Lipinski definition) is 2. The van der Waals surface area contributed by atoms with Crippen molar-refractivity contribution in [2.45, 2.75) is 33.1 Å². The van der Waals surface area contributed by atoms with Crippen LogP contribution in [0.4, 0.5) is 17.1 Å². The first-order valence-electron chi connectivity index (χ1n) is 9.83. The Labute approximate surface area is 167 Å². The SMILES string of the molecule is CC(C)Cc1ccc(C(C)C(=O)Nc2ccc(Nc3ccccc3)cc2)cc1. The number of nitrogens with one attached hydrogen (secondary N) is 2. The molecule has 0 bridgehead atoms. The molecule has 0 aliphatic rings. The molecule has 3 aromatic rings. The van der Waals surface area contributed by atoms with Crippen LogP contribution in [-0.4, -0.2) is 5.91 Å². The number of hydrogen-bond donors (Lipinski definition) is 2. The minimum Gasteiger partial charge on any atom is -0.356 e. The zero-order chi connectivity index (χ0) is 19.9. The van der Waals surface area contributed by atoms with Crippen LogP contribution in [0, 0.1) is 5.92 Å². The quantitative estimate of drug-likeness (QED) is 0.506. The van der Waals surface area contributed by atoms with Gasteiger partial charge in [-0.05, 0) is 66.8 Å². The average molecular weight is 373 g/mol. The van der Waals surface area contributed by atoms with Crippen molar-refractivity contribution in [3.63, 3.8) is 0 Å². The first kappa shape index (κ1) is 19.7. The molecule has 1 unspecified atom stereocenters. The molecule has 3 aromatic carbocycles. The van der Waals surface area contributed by atoms with E-state index in [-0.39, 0.29) is 11.8 Å². The maximum atomic E-state index is 12.6. The van der Waals surface area contributed by atoms with Crippen molar-refractivity contribution < 1.29 is 4.79 Å². The highest BCUT2D eigenvalue weighted by molar-refractivity contribution is 5.95. The number of rotatable bonds is 7. The van der Waals surface area contributed by atoms with Gasteiger partial charge in [-0.3, -0.25) is 4.79 Å². The molecule has 0 spiro atoms. The number of benzene rings is 3. The van der Waals surface area contributed by atoms with Gasteiger partial charge in [-0.2, -0.15) is 0 Å². The molecule has 3 heteroatoms. The zero-order valence-corrected chi connectivity index (χ0v) is 16.8. The lowest BCUT2D eigenvalue weighted by molar-refractivity contribution is -0.117. The zero-order valence-electron chi connectivity index (χ0n) is 16.8. The predicted octanol–water partition coefficient (Wildman–Crippen LogP) is 6.37. The van der Waals surface area contributed by atoms with Gasteiger partial charge in [0.05, 0.1) is 5.92 Å². The molecule has 0 aliphatic heterocycles. The average Bonchev–Trinajstić information content (AvgIpc) is 2.70. The van der Waals surface area contributed by atoms with Crippen LogP contribution in [0.2, 0.25) is 0 Å². The predicted molar refractivity (Wildman–Crippen MR) is 118 cm³/mol. The number of anilines is 3. The van der Waals surface area contributed by atoms with E-state index >= 15 is 0 Å². The van der Waals surface area contributed by atoms with Crippen molar-refractivity contribution in [2.75, 3.05) is 10.6 Å². The number of amides is 1. The monoisotopic (exact) mass is 372 g/mol. The summed E-state index contributed by atoms with van der Waals surface area (Å²) in [4.78, 5) is 12.6. The van der Waals surface area contributed by atoms with Crippen molar-refractivity contribution >= 4 is 23.0 Å². The highest BCUT2D eigenvalue weighted by Gasteiger charge is 2.15. The smallest absolute Gasteiger partial charge is 0.231 e. The van der Waals surface area contributed by atoms with Gasteiger partial charge in [0.2, 0.25) is 5.91 Å². The maximum Gasteiger partial charge on any atom is 0.231 e. The first-order valence-corrected chi connectivity index (χ1v) is 9.83. The summed E-state index contributed by atoms with van der Waals surface area (Å²) < 4.78 is 0. The number of carbonyl (C=O) groups is 1. The molecule has 0 fully saturated rings. The summed E-state index contributed by atoms with van der Waals surface area (Å²) in [5.41, 5.74) is 5.17. The number of para-hydroxylation sites is 1. The van der Waals surface area contributed by atoms with E-state index in [1.165, 1.54) is 5.56 Å². The molecule has 144 valence electrons. The Hall–Kier alpha value is -3.07. The van der Waals surface area contributed by atoms with E-state index in [9.17, 15) is 4.79 Å². The van der Waals surface area contributed by atoms with Gasteiger partial charge >= 0.3 is 0 Å². The van der Waals surface area contributed by atoms with Gasteiger partial charge in [0.15, 0.2) is 0 Å². The molecule has 0 radical (unpaired) electrons. The third-order valence-electron chi connectivity index (χ3n) is 4.73. The van der Waals surface area contributed by atoms with Crippen LogP contribution in [-0.2, 0) is 11.2 Å². The molecule has 28 heavy (non-hydrogen) atoms. The van der Waals surface area contributed by atoms with Crippen molar-refractivity contribution in [2.24, 2.45) is 5.92 Å². The van der Waals surface area contributed by atoms with Crippen LogP contribution in [0.15, 0.2) is 78.9 Å². The van der Waals surface area contributed by atoms with Crippen LogP contribution in [0.3, 0.4) is 0 Å². The Bertz CT molecular complexity index is 884. The molecule has 0 aliphatic carbocycles. The molecule has 1 atom stereocenters. The lowest BCUT2D eigenvalue weighted by atomic mass is 9.96. The second-order valence-electron chi connectivity index (χ2n) is 7.62. The lowest BCUT2D eigenvalue weighted by Gasteiger charge is -2.14. The third-order valence-corrected chi connectivity index (χ3v) is 4.73. The van der Waals surface area contributed by atoms with E-state index in [0.29, 0.717) is 5.92 Å². The van der Waals surface area contributed by atoms with E-state index in [2.05, 4.69) is 48.7 Å². The topological polar surface area (TPSA) is 41.1 Å². The molecule has 3 nitrogen and oxygen atoms in total. The summed E-state index contributed by atoms with van der Waals surface area (Å²) in [7, 11) is 0. The van der Waals surface area contributed by atoms with Crippen LogP contribution in [0.25, 0.3) is 0 Å². The molecular formula is C25H28N2O. The molecule has 0 heterocycles. The van der Waals surface area contributed by atoms with E-state index in [4.69, 9.17) is 0 Å². The van der Waals surface area contributed by atoms with Gasteiger partial charge in [0, 0.05) is 17.1 Å². The summed E-state index contributed by atoms with van der Waals surface area (Å²) in [5.74, 6) is 0.432. The van der Waals surface area contributed by atoms with Crippen LogP contribution < -0.4 is 10.6 Å². The maximum absolute atomic E-state index is 12.6. The summed E-state index contributed by atoms with van der Waals surface area (Å²) in [5, 5.41) is 6.35. The molecule has 1 amide bonds. The molecule has 0 saturated carbocycles. The molecule has 2 N–H and O–H groups in total. The normalized spacial score (nSPS) is 11.9. The van der Waals surface area contributed by atoms with Gasteiger partial charge in [0.1, 0.15) is 0 Å². The Kier molecular flexibility index (Phi) is 6.49. The van der Waals surface area contributed by atoms with Crippen LogP contribution in [0.5, 0.6) is 0 Å². The first-order chi connectivity index (χ1) is 13.5.